The Balaban J connectivity index is 1.80. The SMILES string of the molecule is COc1cc(C(=O)NCC(=O)OCCOc2ccc(F)cc2)cc(OC)c1OC. The molecule has 2 rings (SSSR count). The Hall–Kier alpha value is -3.49. The smallest absolute Gasteiger partial charge is 0.325 e. The lowest BCUT2D eigenvalue weighted by Gasteiger charge is -2.14. The van der Waals surface area contributed by atoms with E-state index < -0.39 is 11.9 Å². The van der Waals surface area contributed by atoms with Crippen LogP contribution in [0.5, 0.6) is 23.0 Å². The molecule has 0 fully saturated rings. The average molecular weight is 407 g/mol. The third kappa shape index (κ3) is 6.27. The third-order valence-corrected chi connectivity index (χ3v) is 3.75. The Bertz CT molecular complexity index is 814. The van der Waals surface area contributed by atoms with Gasteiger partial charge in [-0.15, -0.1) is 0 Å². The van der Waals surface area contributed by atoms with Crippen molar-refractivity contribution >= 4 is 11.9 Å². The quantitative estimate of drug-likeness (QED) is 0.477. The van der Waals surface area contributed by atoms with Crippen molar-refractivity contribution in [3.05, 3.63) is 47.8 Å². The molecule has 1 N–H and O–H groups in total. The van der Waals surface area contributed by atoms with Gasteiger partial charge in [0.15, 0.2) is 11.5 Å². The molecule has 0 spiro atoms. The second-order valence-corrected chi connectivity index (χ2v) is 5.62. The van der Waals surface area contributed by atoms with E-state index in [0.717, 1.165) is 0 Å². The molecule has 0 aromatic heterocycles. The lowest BCUT2D eigenvalue weighted by atomic mass is 10.1. The maximum absolute atomic E-state index is 12.8. The van der Waals surface area contributed by atoms with E-state index in [-0.39, 0.29) is 31.1 Å². The zero-order valence-electron chi connectivity index (χ0n) is 16.3. The number of nitrogens with one attached hydrogen (secondary N) is 1. The molecule has 2 aromatic carbocycles. The predicted molar refractivity (Wildman–Crippen MR) is 101 cm³/mol. The Morgan fingerprint density at radius 1 is 0.931 bits per heavy atom. The monoisotopic (exact) mass is 407 g/mol. The normalized spacial score (nSPS) is 10.1. The minimum absolute atomic E-state index is 0.0176. The fourth-order valence-corrected chi connectivity index (χ4v) is 2.36. The molecule has 0 atom stereocenters. The number of carbonyl (C=O) groups excluding carboxylic acids is 2. The standard InChI is InChI=1S/C20H22FNO7/c1-25-16-10-13(11-17(26-2)19(16)27-3)20(24)22-12-18(23)29-9-8-28-15-6-4-14(21)5-7-15/h4-7,10-11H,8-9,12H2,1-3H3,(H,22,24). The molecule has 1 amide bonds. The number of amides is 1. The number of carbonyl (C=O) groups is 2. The second-order valence-electron chi connectivity index (χ2n) is 5.62. The van der Waals surface area contributed by atoms with Gasteiger partial charge in [-0.3, -0.25) is 9.59 Å². The molecule has 0 radical (unpaired) electrons. The first kappa shape index (κ1) is 21.8. The zero-order chi connectivity index (χ0) is 21.2. The number of hydrogen-bond donors (Lipinski definition) is 1. The summed E-state index contributed by atoms with van der Waals surface area (Å²) in [6.45, 7) is -0.250. The van der Waals surface area contributed by atoms with Gasteiger partial charge in [-0.05, 0) is 36.4 Å². The summed E-state index contributed by atoms with van der Waals surface area (Å²) in [5.41, 5.74) is 0.229. The lowest BCUT2D eigenvalue weighted by Crippen LogP contribution is -2.31. The van der Waals surface area contributed by atoms with Crippen molar-refractivity contribution in [1.82, 2.24) is 5.32 Å². The maximum Gasteiger partial charge on any atom is 0.325 e. The van der Waals surface area contributed by atoms with E-state index >= 15 is 0 Å². The topological polar surface area (TPSA) is 92.3 Å². The van der Waals surface area contributed by atoms with Crippen LogP contribution in [0.15, 0.2) is 36.4 Å². The maximum atomic E-state index is 12.8. The first-order valence-electron chi connectivity index (χ1n) is 8.60. The van der Waals surface area contributed by atoms with E-state index in [1.54, 1.807) is 0 Å². The van der Waals surface area contributed by atoms with Crippen molar-refractivity contribution in [3.63, 3.8) is 0 Å². The van der Waals surface area contributed by atoms with E-state index in [1.807, 2.05) is 0 Å². The molecule has 0 bridgehead atoms. The number of halogens is 1. The number of methoxy groups -OCH3 is 3. The zero-order valence-corrected chi connectivity index (χ0v) is 16.3. The van der Waals surface area contributed by atoms with Crippen molar-refractivity contribution in [1.29, 1.82) is 0 Å². The molecule has 0 heterocycles. The van der Waals surface area contributed by atoms with Crippen LogP contribution in [0.25, 0.3) is 0 Å². The van der Waals surface area contributed by atoms with Gasteiger partial charge in [0, 0.05) is 5.56 Å². The highest BCUT2D eigenvalue weighted by atomic mass is 19.1. The summed E-state index contributed by atoms with van der Waals surface area (Å²) in [5, 5.41) is 2.46. The molecule has 8 nitrogen and oxygen atoms in total. The summed E-state index contributed by atoms with van der Waals surface area (Å²) in [6.07, 6.45) is 0. The largest absolute Gasteiger partial charge is 0.493 e. The minimum atomic E-state index is -0.631. The Labute approximate surface area is 167 Å². The molecule has 0 saturated carbocycles. The molecule has 0 aliphatic carbocycles. The fourth-order valence-electron chi connectivity index (χ4n) is 2.36. The van der Waals surface area contributed by atoms with E-state index in [0.29, 0.717) is 23.0 Å². The minimum Gasteiger partial charge on any atom is -0.493 e. The summed E-state index contributed by atoms with van der Waals surface area (Å²) in [5.74, 6) is -0.0656. The van der Waals surface area contributed by atoms with Gasteiger partial charge in [0.25, 0.3) is 5.91 Å². The first-order chi connectivity index (χ1) is 14.0. The van der Waals surface area contributed by atoms with E-state index in [1.165, 1.54) is 57.7 Å². The molecule has 156 valence electrons. The molecule has 0 unspecified atom stereocenters. The molecule has 29 heavy (non-hydrogen) atoms. The fraction of sp³-hybridized carbons (Fsp3) is 0.300. The molecular formula is C20H22FNO7. The molecule has 2 aromatic rings. The number of hydrogen-bond acceptors (Lipinski definition) is 7. The van der Waals surface area contributed by atoms with E-state index in [2.05, 4.69) is 5.32 Å². The second kappa shape index (κ2) is 10.7. The van der Waals surface area contributed by atoms with Crippen LogP contribution in [0, 0.1) is 5.82 Å². The number of benzene rings is 2. The van der Waals surface area contributed by atoms with Gasteiger partial charge in [-0.25, -0.2) is 4.39 Å². The van der Waals surface area contributed by atoms with Gasteiger partial charge in [0.1, 0.15) is 31.3 Å². The number of esters is 1. The van der Waals surface area contributed by atoms with Gasteiger partial charge < -0.3 is 29.0 Å². The Kier molecular flexibility index (Phi) is 8.08. The van der Waals surface area contributed by atoms with Crippen molar-refractivity contribution in [2.45, 2.75) is 0 Å². The first-order valence-corrected chi connectivity index (χ1v) is 8.60. The average Bonchev–Trinajstić information content (AvgIpc) is 2.75. The highest BCUT2D eigenvalue weighted by molar-refractivity contribution is 5.97. The van der Waals surface area contributed by atoms with Gasteiger partial charge >= 0.3 is 5.97 Å². The van der Waals surface area contributed by atoms with Crippen molar-refractivity contribution in [2.75, 3.05) is 41.1 Å². The van der Waals surface area contributed by atoms with Crippen LogP contribution in [-0.4, -0.2) is 53.0 Å². The van der Waals surface area contributed by atoms with Crippen LogP contribution in [0.2, 0.25) is 0 Å². The lowest BCUT2D eigenvalue weighted by molar-refractivity contribution is -0.143. The van der Waals surface area contributed by atoms with E-state index in [9.17, 15) is 14.0 Å². The summed E-state index contributed by atoms with van der Waals surface area (Å²) in [4.78, 5) is 24.1. The van der Waals surface area contributed by atoms with Crippen molar-refractivity contribution in [3.8, 4) is 23.0 Å². The van der Waals surface area contributed by atoms with Gasteiger partial charge in [-0.2, -0.15) is 0 Å². The van der Waals surface area contributed by atoms with Crippen LogP contribution in [0.4, 0.5) is 4.39 Å². The van der Waals surface area contributed by atoms with Crippen molar-refractivity contribution < 1.29 is 37.7 Å². The number of ether oxygens (including phenoxy) is 5. The Morgan fingerprint density at radius 3 is 2.10 bits per heavy atom. The van der Waals surface area contributed by atoms with Gasteiger partial charge in [0.05, 0.1) is 21.3 Å². The highest BCUT2D eigenvalue weighted by Crippen LogP contribution is 2.38. The van der Waals surface area contributed by atoms with Crippen LogP contribution in [0.1, 0.15) is 10.4 Å². The Morgan fingerprint density at radius 2 is 1.55 bits per heavy atom. The molecule has 0 aliphatic rings. The van der Waals surface area contributed by atoms with E-state index in [4.69, 9.17) is 23.7 Å². The van der Waals surface area contributed by atoms with Gasteiger partial charge in [0.2, 0.25) is 5.75 Å². The summed E-state index contributed by atoms with van der Waals surface area (Å²) in [7, 11) is 4.32. The number of rotatable bonds is 10. The molecular weight excluding hydrogens is 385 g/mol. The summed E-state index contributed by atoms with van der Waals surface area (Å²) < 4.78 is 38.7. The van der Waals surface area contributed by atoms with Crippen LogP contribution < -0.4 is 24.3 Å². The van der Waals surface area contributed by atoms with Crippen LogP contribution in [0.3, 0.4) is 0 Å². The van der Waals surface area contributed by atoms with Gasteiger partial charge in [-0.1, -0.05) is 0 Å². The van der Waals surface area contributed by atoms with Crippen LogP contribution >= 0.6 is 0 Å². The van der Waals surface area contributed by atoms with Crippen LogP contribution in [-0.2, 0) is 9.53 Å². The predicted octanol–water partition coefficient (Wildman–Crippen LogP) is 2.20. The summed E-state index contributed by atoms with van der Waals surface area (Å²) >= 11 is 0. The highest BCUT2D eigenvalue weighted by Gasteiger charge is 2.17. The summed E-state index contributed by atoms with van der Waals surface area (Å²) in [6, 6.07) is 8.40. The molecule has 9 heteroatoms. The molecule has 0 aliphatic heterocycles. The van der Waals surface area contributed by atoms with Crippen molar-refractivity contribution in [2.24, 2.45) is 0 Å². The third-order valence-electron chi connectivity index (χ3n) is 3.75. The molecule has 0 saturated heterocycles.